The van der Waals surface area contributed by atoms with E-state index in [0.29, 0.717) is 0 Å². The number of hydrogen-bond donors (Lipinski definition) is 1. The average Bonchev–Trinajstić information content (AvgIpc) is 2.92. The first-order valence-electron chi connectivity index (χ1n) is 5.93. The van der Waals surface area contributed by atoms with Crippen LogP contribution in [0.4, 0.5) is 0 Å². The first kappa shape index (κ1) is 13.1. The summed E-state index contributed by atoms with van der Waals surface area (Å²) in [5.74, 6) is 0.884. The standard InChI is InChI=1S/C14H18N2OS/c1-14(15,13-16-9-10-18-13)8-7-11-3-5-12(17-2)6-4-11/h3-6,9-10H,7-8,15H2,1-2H3. The minimum Gasteiger partial charge on any atom is -0.497 e. The molecule has 96 valence electrons. The number of thiazole rings is 1. The fourth-order valence-electron chi connectivity index (χ4n) is 1.81. The first-order valence-corrected chi connectivity index (χ1v) is 6.81. The predicted molar refractivity (Wildman–Crippen MR) is 75.0 cm³/mol. The molecular formula is C14H18N2OS. The summed E-state index contributed by atoms with van der Waals surface area (Å²) in [7, 11) is 1.68. The third kappa shape index (κ3) is 3.09. The molecule has 4 heteroatoms. The fourth-order valence-corrected chi connectivity index (χ4v) is 2.55. The maximum absolute atomic E-state index is 6.31. The van der Waals surface area contributed by atoms with Crippen molar-refractivity contribution in [2.24, 2.45) is 5.73 Å². The Morgan fingerprint density at radius 1 is 1.33 bits per heavy atom. The van der Waals surface area contributed by atoms with Crippen molar-refractivity contribution >= 4 is 11.3 Å². The molecule has 0 amide bonds. The topological polar surface area (TPSA) is 48.1 Å². The Bertz CT molecular complexity index is 477. The van der Waals surface area contributed by atoms with E-state index < -0.39 is 0 Å². The molecule has 0 aliphatic rings. The maximum atomic E-state index is 6.31. The molecule has 1 atom stereocenters. The zero-order valence-corrected chi connectivity index (χ0v) is 11.5. The average molecular weight is 262 g/mol. The summed E-state index contributed by atoms with van der Waals surface area (Å²) in [5.41, 5.74) is 7.22. The van der Waals surface area contributed by atoms with Gasteiger partial charge in [-0.25, -0.2) is 4.98 Å². The van der Waals surface area contributed by atoms with Crippen LogP contribution in [0.1, 0.15) is 23.9 Å². The number of benzene rings is 1. The highest BCUT2D eigenvalue weighted by Crippen LogP contribution is 2.25. The molecule has 0 aliphatic carbocycles. The lowest BCUT2D eigenvalue weighted by atomic mass is 9.95. The Morgan fingerprint density at radius 2 is 2.06 bits per heavy atom. The Kier molecular flexibility index (Phi) is 3.99. The van der Waals surface area contributed by atoms with E-state index in [0.717, 1.165) is 23.6 Å². The Labute approximate surface area is 112 Å². The van der Waals surface area contributed by atoms with Crippen molar-refractivity contribution in [1.82, 2.24) is 4.98 Å². The van der Waals surface area contributed by atoms with Crippen LogP contribution in [0.5, 0.6) is 5.75 Å². The van der Waals surface area contributed by atoms with Gasteiger partial charge in [-0.05, 0) is 37.5 Å². The van der Waals surface area contributed by atoms with E-state index in [2.05, 4.69) is 17.1 Å². The van der Waals surface area contributed by atoms with Crippen LogP contribution in [-0.4, -0.2) is 12.1 Å². The molecule has 18 heavy (non-hydrogen) atoms. The number of aryl methyl sites for hydroxylation is 1. The van der Waals surface area contributed by atoms with Gasteiger partial charge in [0.15, 0.2) is 0 Å². The SMILES string of the molecule is COc1ccc(CCC(C)(N)c2nccs2)cc1. The Hall–Kier alpha value is -1.39. The van der Waals surface area contributed by atoms with Crippen LogP contribution < -0.4 is 10.5 Å². The summed E-state index contributed by atoms with van der Waals surface area (Å²) in [4.78, 5) is 4.30. The van der Waals surface area contributed by atoms with E-state index in [4.69, 9.17) is 10.5 Å². The van der Waals surface area contributed by atoms with Crippen molar-refractivity contribution in [2.45, 2.75) is 25.3 Å². The van der Waals surface area contributed by atoms with Crippen LogP contribution in [0.15, 0.2) is 35.8 Å². The van der Waals surface area contributed by atoms with Crippen LogP contribution in [0.3, 0.4) is 0 Å². The number of nitrogens with two attached hydrogens (primary N) is 1. The molecular weight excluding hydrogens is 244 g/mol. The number of methoxy groups -OCH3 is 1. The summed E-state index contributed by atoms with van der Waals surface area (Å²) in [6, 6.07) is 8.12. The summed E-state index contributed by atoms with van der Waals surface area (Å²) in [6.45, 7) is 2.04. The molecule has 1 aromatic heterocycles. The van der Waals surface area contributed by atoms with Gasteiger partial charge < -0.3 is 10.5 Å². The second-order valence-electron chi connectivity index (χ2n) is 4.60. The highest BCUT2D eigenvalue weighted by molar-refractivity contribution is 7.09. The van der Waals surface area contributed by atoms with Gasteiger partial charge in [0.05, 0.1) is 12.6 Å². The predicted octanol–water partition coefficient (Wildman–Crippen LogP) is 2.96. The van der Waals surface area contributed by atoms with Crippen LogP contribution in [0.2, 0.25) is 0 Å². The largest absolute Gasteiger partial charge is 0.497 e. The summed E-state index contributed by atoms with van der Waals surface area (Å²) >= 11 is 1.61. The molecule has 0 saturated carbocycles. The van der Waals surface area contributed by atoms with Gasteiger partial charge in [0.25, 0.3) is 0 Å². The van der Waals surface area contributed by atoms with E-state index in [-0.39, 0.29) is 5.54 Å². The summed E-state index contributed by atoms with van der Waals surface area (Å²) < 4.78 is 5.14. The highest BCUT2D eigenvalue weighted by Gasteiger charge is 2.23. The van der Waals surface area contributed by atoms with Crippen molar-refractivity contribution in [3.8, 4) is 5.75 Å². The van der Waals surface area contributed by atoms with E-state index in [1.165, 1.54) is 5.56 Å². The van der Waals surface area contributed by atoms with Gasteiger partial charge in [0.1, 0.15) is 10.8 Å². The van der Waals surface area contributed by atoms with Gasteiger partial charge in [0, 0.05) is 11.6 Å². The van der Waals surface area contributed by atoms with E-state index >= 15 is 0 Å². The fraction of sp³-hybridized carbons (Fsp3) is 0.357. The van der Waals surface area contributed by atoms with Crippen molar-refractivity contribution in [1.29, 1.82) is 0 Å². The van der Waals surface area contributed by atoms with Gasteiger partial charge in [0.2, 0.25) is 0 Å². The van der Waals surface area contributed by atoms with Crippen LogP contribution in [-0.2, 0) is 12.0 Å². The highest BCUT2D eigenvalue weighted by atomic mass is 32.1. The van der Waals surface area contributed by atoms with Crippen LogP contribution >= 0.6 is 11.3 Å². The quantitative estimate of drug-likeness (QED) is 0.901. The normalized spacial score (nSPS) is 14.2. The van der Waals surface area contributed by atoms with Crippen molar-refractivity contribution in [3.63, 3.8) is 0 Å². The minimum absolute atomic E-state index is 0.353. The van der Waals surface area contributed by atoms with Gasteiger partial charge in [-0.3, -0.25) is 0 Å². The number of hydrogen-bond acceptors (Lipinski definition) is 4. The lowest BCUT2D eigenvalue weighted by Crippen LogP contribution is -2.33. The van der Waals surface area contributed by atoms with E-state index in [9.17, 15) is 0 Å². The number of nitrogens with zero attached hydrogens (tertiary/aromatic N) is 1. The smallest absolute Gasteiger partial charge is 0.118 e. The summed E-state index contributed by atoms with van der Waals surface area (Å²) in [5, 5.41) is 2.96. The Balaban J connectivity index is 1.98. The Morgan fingerprint density at radius 3 is 2.61 bits per heavy atom. The molecule has 0 saturated heterocycles. The van der Waals surface area contributed by atoms with E-state index in [1.807, 2.05) is 24.4 Å². The molecule has 1 unspecified atom stereocenters. The van der Waals surface area contributed by atoms with Crippen LogP contribution in [0, 0.1) is 0 Å². The molecule has 0 spiro atoms. The van der Waals surface area contributed by atoms with Crippen molar-refractivity contribution in [3.05, 3.63) is 46.4 Å². The maximum Gasteiger partial charge on any atom is 0.118 e. The monoisotopic (exact) mass is 262 g/mol. The van der Waals surface area contributed by atoms with Crippen molar-refractivity contribution in [2.75, 3.05) is 7.11 Å². The van der Waals surface area contributed by atoms with Gasteiger partial charge in [-0.15, -0.1) is 11.3 Å². The second kappa shape index (κ2) is 5.50. The molecule has 0 fully saturated rings. The molecule has 2 N–H and O–H groups in total. The molecule has 0 aliphatic heterocycles. The lowest BCUT2D eigenvalue weighted by molar-refractivity contribution is 0.414. The number of rotatable bonds is 5. The molecule has 1 aromatic carbocycles. The third-order valence-electron chi connectivity index (χ3n) is 3.01. The lowest BCUT2D eigenvalue weighted by Gasteiger charge is -2.21. The zero-order valence-electron chi connectivity index (χ0n) is 10.7. The zero-order chi connectivity index (χ0) is 13.0. The molecule has 1 heterocycles. The third-order valence-corrected chi connectivity index (χ3v) is 4.07. The van der Waals surface area contributed by atoms with Gasteiger partial charge in [-0.1, -0.05) is 12.1 Å². The second-order valence-corrected chi connectivity index (χ2v) is 5.50. The molecule has 0 radical (unpaired) electrons. The summed E-state index contributed by atoms with van der Waals surface area (Å²) in [6.07, 6.45) is 3.63. The minimum atomic E-state index is -0.353. The number of aromatic nitrogens is 1. The molecule has 2 aromatic rings. The van der Waals surface area contributed by atoms with E-state index in [1.54, 1.807) is 24.6 Å². The van der Waals surface area contributed by atoms with Gasteiger partial charge >= 0.3 is 0 Å². The first-order chi connectivity index (χ1) is 8.62. The van der Waals surface area contributed by atoms with Gasteiger partial charge in [-0.2, -0.15) is 0 Å². The molecule has 3 nitrogen and oxygen atoms in total. The van der Waals surface area contributed by atoms with Crippen molar-refractivity contribution < 1.29 is 4.74 Å². The number of ether oxygens (including phenoxy) is 1. The van der Waals surface area contributed by atoms with Crippen LogP contribution in [0.25, 0.3) is 0 Å². The molecule has 0 bridgehead atoms. The molecule has 2 rings (SSSR count).